The number of hydrogen-bond donors (Lipinski definition) is 0. The van der Waals surface area contributed by atoms with Gasteiger partial charge in [-0.3, -0.25) is 0 Å². The number of aryl methyl sites for hydroxylation is 1. The Morgan fingerprint density at radius 3 is 2.44 bits per heavy atom. The van der Waals surface area contributed by atoms with Crippen molar-refractivity contribution in [2.45, 2.75) is 18.7 Å². The Kier molecular flexibility index (Phi) is 3.48. The zero-order valence-electron chi connectivity index (χ0n) is 9.55. The molecule has 0 radical (unpaired) electrons. The third kappa shape index (κ3) is 2.43. The van der Waals surface area contributed by atoms with E-state index >= 15 is 0 Å². The summed E-state index contributed by atoms with van der Waals surface area (Å²) in [5.41, 5.74) is 0.796. The fourth-order valence-corrected chi connectivity index (χ4v) is 3.44. The zero-order chi connectivity index (χ0) is 13.5. The van der Waals surface area contributed by atoms with Gasteiger partial charge in [0.05, 0.1) is 11.4 Å². The molecule has 0 aromatic carbocycles. The lowest BCUT2D eigenvalue weighted by Gasteiger charge is -2.03. The Balaban J connectivity index is 2.65. The molecule has 0 aliphatic heterocycles. The molecule has 0 N–H and O–H groups in total. The Morgan fingerprint density at radius 1 is 1.33 bits per heavy atom. The highest BCUT2D eigenvalue weighted by molar-refractivity contribution is 9.10. The predicted octanol–water partition coefficient (Wildman–Crippen LogP) is 2.57. The first-order valence-electron chi connectivity index (χ1n) is 4.93. The highest BCUT2D eigenvalue weighted by Gasteiger charge is 2.23. The minimum Gasteiger partial charge on any atom is -0.236 e. The minimum atomic E-state index is -3.81. The van der Waals surface area contributed by atoms with Crippen LogP contribution in [-0.4, -0.2) is 23.2 Å². The van der Waals surface area contributed by atoms with E-state index in [0.717, 1.165) is 4.47 Å². The molecule has 2 heterocycles. The van der Waals surface area contributed by atoms with Crippen molar-refractivity contribution >= 4 is 35.7 Å². The van der Waals surface area contributed by atoms with Crippen molar-refractivity contribution in [3.63, 3.8) is 0 Å². The zero-order valence-corrected chi connectivity index (χ0v) is 12.7. The second-order valence-electron chi connectivity index (χ2n) is 3.68. The van der Waals surface area contributed by atoms with Gasteiger partial charge in [0.15, 0.2) is 5.82 Å². The maximum Gasteiger partial charge on any atom is 0.264 e. The first kappa shape index (κ1) is 13.5. The van der Waals surface area contributed by atoms with Gasteiger partial charge in [-0.15, -0.1) is 0 Å². The van der Waals surface area contributed by atoms with E-state index in [9.17, 15) is 8.42 Å². The Labute approximate surface area is 117 Å². The standard InChI is InChI=1S/C10H9BrClN3O2S/c1-6-10(18(12,16)17)7(2)15(14-6)9-4-3-8(11)5-13-9/h3-5H,1-2H3. The van der Waals surface area contributed by atoms with E-state index in [1.54, 1.807) is 32.2 Å². The van der Waals surface area contributed by atoms with Crippen molar-refractivity contribution in [3.05, 3.63) is 34.2 Å². The molecule has 2 aromatic rings. The maximum absolute atomic E-state index is 11.5. The van der Waals surface area contributed by atoms with Gasteiger partial charge in [0.25, 0.3) is 9.05 Å². The molecule has 2 aromatic heterocycles. The van der Waals surface area contributed by atoms with Gasteiger partial charge in [-0.25, -0.2) is 18.1 Å². The highest BCUT2D eigenvalue weighted by Crippen LogP contribution is 2.25. The number of hydrogen-bond acceptors (Lipinski definition) is 4. The first-order chi connectivity index (χ1) is 8.30. The molecule has 96 valence electrons. The molecule has 18 heavy (non-hydrogen) atoms. The average molecular weight is 351 g/mol. The van der Waals surface area contributed by atoms with Crippen LogP contribution in [0, 0.1) is 13.8 Å². The second-order valence-corrected chi connectivity index (χ2v) is 7.10. The van der Waals surface area contributed by atoms with Crippen LogP contribution in [0.4, 0.5) is 0 Å². The molecule has 8 heteroatoms. The van der Waals surface area contributed by atoms with E-state index in [-0.39, 0.29) is 4.90 Å². The quantitative estimate of drug-likeness (QED) is 0.781. The summed E-state index contributed by atoms with van der Waals surface area (Å²) >= 11 is 3.28. The maximum atomic E-state index is 11.5. The minimum absolute atomic E-state index is 0.0360. The van der Waals surface area contributed by atoms with Crippen LogP contribution < -0.4 is 0 Å². The predicted molar refractivity (Wildman–Crippen MR) is 71.6 cm³/mol. The van der Waals surface area contributed by atoms with E-state index in [1.807, 2.05) is 0 Å². The summed E-state index contributed by atoms with van der Waals surface area (Å²) in [6, 6.07) is 3.53. The largest absolute Gasteiger partial charge is 0.264 e. The SMILES string of the molecule is Cc1nn(-c2ccc(Br)cn2)c(C)c1S(=O)(=O)Cl. The molecule has 0 fully saturated rings. The summed E-state index contributed by atoms with van der Waals surface area (Å²) in [5, 5.41) is 4.15. The Morgan fingerprint density at radius 2 is 2.00 bits per heavy atom. The molecule has 0 aliphatic carbocycles. The van der Waals surface area contributed by atoms with Crippen LogP contribution in [0.3, 0.4) is 0 Å². The molecule has 0 unspecified atom stereocenters. The smallest absolute Gasteiger partial charge is 0.236 e. The molecule has 0 bridgehead atoms. The third-order valence-electron chi connectivity index (χ3n) is 2.40. The van der Waals surface area contributed by atoms with Crippen LogP contribution in [0.2, 0.25) is 0 Å². The first-order valence-corrected chi connectivity index (χ1v) is 8.04. The molecule has 5 nitrogen and oxygen atoms in total. The average Bonchev–Trinajstić information content (AvgIpc) is 2.54. The van der Waals surface area contributed by atoms with Gasteiger partial charge in [0.1, 0.15) is 4.90 Å². The summed E-state index contributed by atoms with van der Waals surface area (Å²) in [6.07, 6.45) is 1.61. The fraction of sp³-hybridized carbons (Fsp3) is 0.200. The summed E-state index contributed by atoms with van der Waals surface area (Å²) < 4.78 is 25.2. The topological polar surface area (TPSA) is 64.8 Å². The number of rotatable bonds is 2. The molecule has 0 saturated heterocycles. The van der Waals surface area contributed by atoms with Gasteiger partial charge in [-0.05, 0) is 41.9 Å². The van der Waals surface area contributed by atoms with Crippen molar-refractivity contribution in [1.29, 1.82) is 0 Å². The highest BCUT2D eigenvalue weighted by atomic mass is 79.9. The number of aromatic nitrogens is 3. The van der Waals surface area contributed by atoms with E-state index in [0.29, 0.717) is 17.2 Å². The van der Waals surface area contributed by atoms with E-state index in [2.05, 4.69) is 26.0 Å². The second kappa shape index (κ2) is 4.64. The monoisotopic (exact) mass is 349 g/mol. The van der Waals surface area contributed by atoms with Crippen molar-refractivity contribution in [2.75, 3.05) is 0 Å². The molecule has 0 atom stereocenters. The van der Waals surface area contributed by atoms with Gasteiger partial charge in [-0.2, -0.15) is 5.10 Å². The van der Waals surface area contributed by atoms with Gasteiger partial charge >= 0.3 is 0 Å². The fourth-order valence-electron chi connectivity index (χ4n) is 1.70. The molecule has 0 saturated carbocycles. The Hall–Kier alpha value is -0.920. The van der Waals surface area contributed by atoms with Gasteiger partial charge in [0, 0.05) is 21.4 Å². The lowest BCUT2D eigenvalue weighted by molar-refractivity contribution is 0.608. The van der Waals surface area contributed by atoms with E-state index < -0.39 is 9.05 Å². The summed E-state index contributed by atoms with van der Waals surface area (Å²) in [6.45, 7) is 3.23. The number of pyridine rings is 1. The number of halogens is 2. The third-order valence-corrected chi connectivity index (χ3v) is 4.41. The van der Waals surface area contributed by atoms with Crippen LogP contribution >= 0.6 is 26.6 Å². The Bertz CT molecular complexity index is 695. The van der Waals surface area contributed by atoms with Crippen molar-refractivity contribution in [3.8, 4) is 5.82 Å². The molecule has 0 spiro atoms. The van der Waals surface area contributed by atoms with Crippen molar-refractivity contribution in [1.82, 2.24) is 14.8 Å². The normalized spacial score (nSPS) is 11.8. The van der Waals surface area contributed by atoms with Gasteiger partial charge in [0.2, 0.25) is 0 Å². The molecule has 0 amide bonds. The molecule has 0 aliphatic rings. The van der Waals surface area contributed by atoms with Crippen LogP contribution in [0.15, 0.2) is 27.7 Å². The lowest BCUT2D eigenvalue weighted by Crippen LogP contribution is -2.02. The van der Waals surface area contributed by atoms with Crippen molar-refractivity contribution < 1.29 is 8.42 Å². The summed E-state index contributed by atoms with van der Waals surface area (Å²) in [4.78, 5) is 4.20. The summed E-state index contributed by atoms with van der Waals surface area (Å²) in [5.74, 6) is 0.533. The van der Waals surface area contributed by atoms with Gasteiger partial charge in [-0.1, -0.05) is 0 Å². The number of nitrogens with zero attached hydrogens (tertiary/aromatic N) is 3. The van der Waals surface area contributed by atoms with Crippen LogP contribution in [0.5, 0.6) is 0 Å². The van der Waals surface area contributed by atoms with E-state index in [1.165, 1.54) is 4.68 Å². The van der Waals surface area contributed by atoms with Crippen molar-refractivity contribution in [2.24, 2.45) is 0 Å². The lowest BCUT2D eigenvalue weighted by atomic mass is 10.4. The molecular weight excluding hydrogens is 342 g/mol. The van der Waals surface area contributed by atoms with Crippen LogP contribution in [0.1, 0.15) is 11.4 Å². The van der Waals surface area contributed by atoms with Gasteiger partial charge < -0.3 is 0 Å². The molecule has 2 rings (SSSR count). The van der Waals surface area contributed by atoms with E-state index in [4.69, 9.17) is 10.7 Å². The summed E-state index contributed by atoms with van der Waals surface area (Å²) in [7, 11) is 1.58. The van der Waals surface area contributed by atoms with Crippen LogP contribution in [-0.2, 0) is 9.05 Å². The molecular formula is C10H9BrClN3O2S. The van der Waals surface area contributed by atoms with Crippen LogP contribution in [0.25, 0.3) is 5.82 Å².